The fraction of sp³-hybridized carbons (Fsp3) is 0.412. The number of halogens is 1. The summed E-state index contributed by atoms with van der Waals surface area (Å²) in [7, 11) is 0. The third-order valence-corrected chi connectivity index (χ3v) is 6.37. The minimum Gasteiger partial charge on any atom is -0.320 e. The Morgan fingerprint density at radius 1 is 0.900 bits per heavy atom. The number of aryl methyl sites for hydroxylation is 1. The smallest absolute Gasteiger partial charge is 0.0666 e. The van der Waals surface area contributed by atoms with Crippen LogP contribution in [0.4, 0.5) is 0 Å². The van der Waals surface area contributed by atoms with Crippen molar-refractivity contribution in [2.24, 2.45) is 5.73 Å². The molecule has 0 amide bonds. The summed E-state index contributed by atoms with van der Waals surface area (Å²) in [5.74, 6) is 0. The SMILES string of the molecule is Cc1csc(C(N)c2c(C)c(C)c(C)c(C)c2C)c1Cl. The monoisotopic (exact) mass is 307 g/mol. The van der Waals surface area contributed by atoms with E-state index in [1.165, 1.54) is 33.4 Å². The van der Waals surface area contributed by atoms with Gasteiger partial charge in [-0.3, -0.25) is 0 Å². The first-order valence-electron chi connectivity index (χ1n) is 6.83. The zero-order chi connectivity index (χ0) is 15.2. The second-order valence-electron chi connectivity index (χ2n) is 5.61. The zero-order valence-electron chi connectivity index (χ0n) is 13.0. The van der Waals surface area contributed by atoms with Gasteiger partial charge in [0.15, 0.2) is 0 Å². The highest BCUT2D eigenvalue weighted by Gasteiger charge is 2.22. The number of benzene rings is 1. The van der Waals surface area contributed by atoms with Crippen molar-refractivity contribution in [3.63, 3.8) is 0 Å². The van der Waals surface area contributed by atoms with Crippen LogP contribution in [0.2, 0.25) is 5.02 Å². The maximum absolute atomic E-state index is 6.55. The number of thiophene rings is 1. The predicted molar refractivity (Wildman–Crippen MR) is 90.2 cm³/mol. The maximum Gasteiger partial charge on any atom is 0.0666 e. The molecule has 0 aliphatic rings. The third kappa shape index (κ3) is 2.30. The van der Waals surface area contributed by atoms with Gasteiger partial charge in [-0.2, -0.15) is 0 Å². The van der Waals surface area contributed by atoms with Crippen molar-refractivity contribution in [1.29, 1.82) is 0 Å². The van der Waals surface area contributed by atoms with Crippen molar-refractivity contribution in [3.05, 3.63) is 54.2 Å². The quantitative estimate of drug-likeness (QED) is 0.800. The van der Waals surface area contributed by atoms with Gasteiger partial charge in [-0.25, -0.2) is 0 Å². The highest BCUT2D eigenvalue weighted by atomic mass is 35.5. The number of rotatable bonds is 2. The second-order valence-corrected chi connectivity index (χ2v) is 6.90. The Morgan fingerprint density at radius 3 is 1.75 bits per heavy atom. The first-order valence-corrected chi connectivity index (χ1v) is 8.09. The largest absolute Gasteiger partial charge is 0.320 e. The lowest BCUT2D eigenvalue weighted by Gasteiger charge is -2.23. The van der Waals surface area contributed by atoms with Crippen LogP contribution < -0.4 is 5.73 Å². The van der Waals surface area contributed by atoms with Crippen molar-refractivity contribution < 1.29 is 0 Å². The molecule has 1 heterocycles. The molecule has 2 rings (SSSR count). The van der Waals surface area contributed by atoms with Crippen LogP contribution >= 0.6 is 22.9 Å². The van der Waals surface area contributed by atoms with Crippen LogP contribution in [0.3, 0.4) is 0 Å². The van der Waals surface area contributed by atoms with Crippen LogP contribution in [0.1, 0.15) is 49.9 Å². The highest BCUT2D eigenvalue weighted by Crippen LogP contribution is 2.38. The molecule has 1 nitrogen and oxygen atoms in total. The van der Waals surface area contributed by atoms with Gasteiger partial charge in [-0.15, -0.1) is 11.3 Å². The Hall–Kier alpha value is -0.830. The molecule has 0 fully saturated rings. The zero-order valence-corrected chi connectivity index (χ0v) is 14.6. The summed E-state index contributed by atoms with van der Waals surface area (Å²) in [6, 6.07) is -0.140. The molecule has 1 aromatic heterocycles. The van der Waals surface area contributed by atoms with Crippen molar-refractivity contribution in [3.8, 4) is 0 Å². The summed E-state index contributed by atoms with van der Waals surface area (Å²) in [5.41, 5.74) is 15.5. The third-order valence-electron chi connectivity index (χ3n) is 4.58. The molecule has 20 heavy (non-hydrogen) atoms. The normalized spacial score (nSPS) is 12.8. The minimum absolute atomic E-state index is 0.140. The number of nitrogens with two attached hydrogens (primary N) is 1. The van der Waals surface area contributed by atoms with Gasteiger partial charge in [0.25, 0.3) is 0 Å². The van der Waals surface area contributed by atoms with Gasteiger partial charge in [0.05, 0.1) is 11.1 Å². The Labute approximate surface area is 130 Å². The summed E-state index contributed by atoms with van der Waals surface area (Å²) in [4.78, 5) is 1.07. The molecule has 1 atom stereocenters. The Bertz CT molecular complexity index is 641. The van der Waals surface area contributed by atoms with Crippen LogP contribution in [0.5, 0.6) is 0 Å². The number of hydrogen-bond donors (Lipinski definition) is 1. The van der Waals surface area contributed by atoms with Gasteiger partial charge in [0.1, 0.15) is 0 Å². The van der Waals surface area contributed by atoms with E-state index < -0.39 is 0 Å². The summed E-state index contributed by atoms with van der Waals surface area (Å²) in [6.45, 7) is 12.9. The molecular formula is C17H22ClNS. The van der Waals surface area contributed by atoms with E-state index in [0.717, 1.165) is 15.5 Å². The molecule has 3 heteroatoms. The molecule has 0 saturated carbocycles. The lowest BCUT2D eigenvalue weighted by molar-refractivity contribution is 0.861. The molecule has 108 valence electrons. The number of hydrogen-bond acceptors (Lipinski definition) is 2. The van der Waals surface area contributed by atoms with E-state index in [1.807, 2.05) is 6.92 Å². The average molecular weight is 308 g/mol. The van der Waals surface area contributed by atoms with Crippen LogP contribution in [-0.2, 0) is 0 Å². The highest BCUT2D eigenvalue weighted by molar-refractivity contribution is 7.10. The average Bonchev–Trinajstić information content (AvgIpc) is 2.74. The fourth-order valence-corrected chi connectivity index (χ4v) is 4.11. The standard InChI is InChI=1S/C17H22ClNS/c1-8-7-20-17(15(8)18)16(19)14-12(5)10(3)9(2)11(4)13(14)6/h7,16H,19H2,1-6H3. The maximum atomic E-state index is 6.55. The van der Waals surface area contributed by atoms with Gasteiger partial charge in [0, 0.05) is 4.88 Å². The van der Waals surface area contributed by atoms with Gasteiger partial charge in [-0.1, -0.05) is 11.6 Å². The molecule has 0 bridgehead atoms. The molecular weight excluding hydrogens is 286 g/mol. The Balaban J connectivity index is 2.67. The Kier molecular flexibility index (Phi) is 4.29. The summed E-state index contributed by atoms with van der Waals surface area (Å²) in [6.07, 6.45) is 0. The van der Waals surface area contributed by atoms with Gasteiger partial charge in [-0.05, 0) is 85.9 Å². The van der Waals surface area contributed by atoms with Crippen molar-refractivity contribution in [2.75, 3.05) is 0 Å². The molecule has 1 unspecified atom stereocenters. The lowest BCUT2D eigenvalue weighted by Crippen LogP contribution is -2.16. The molecule has 2 N–H and O–H groups in total. The van der Waals surface area contributed by atoms with E-state index in [0.29, 0.717) is 0 Å². The van der Waals surface area contributed by atoms with Gasteiger partial charge in [0.2, 0.25) is 0 Å². The van der Waals surface area contributed by atoms with E-state index >= 15 is 0 Å². The summed E-state index contributed by atoms with van der Waals surface area (Å²) in [5, 5.41) is 2.90. The first kappa shape index (κ1) is 15.6. The van der Waals surface area contributed by atoms with Crippen molar-refractivity contribution in [2.45, 2.75) is 47.6 Å². The summed E-state index contributed by atoms with van der Waals surface area (Å²) >= 11 is 8.05. The van der Waals surface area contributed by atoms with Crippen molar-refractivity contribution in [1.82, 2.24) is 0 Å². The molecule has 0 saturated heterocycles. The van der Waals surface area contributed by atoms with E-state index in [4.69, 9.17) is 17.3 Å². The Morgan fingerprint density at radius 2 is 1.35 bits per heavy atom. The topological polar surface area (TPSA) is 26.0 Å². The second kappa shape index (κ2) is 5.51. The molecule has 0 radical (unpaired) electrons. The van der Waals surface area contributed by atoms with Gasteiger partial charge < -0.3 is 5.73 Å². The predicted octanol–water partition coefficient (Wildman–Crippen LogP) is 5.30. The first-order chi connectivity index (χ1) is 9.27. The van der Waals surface area contributed by atoms with Crippen LogP contribution in [0, 0.1) is 41.5 Å². The molecule has 1 aromatic carbocycles. The minimum atomic E-state index is -0.140. The van der Waals surface area contributed by atoms with E-state index in [1.54, 1.807) is 11.3 Å². The molecule has 0 spiro atoms. The molecule has 0 aliphatic heterocycles. The van der Waals surface area contributed by atoms with E-state index in [9.17, 15) is 0 Å². The van der Waals surface area contributed by atoms with Crippen LogP contribution in [0.25, 0.3) is 0 Å². The summed E-state index contributed by atoms with van der Waals surface area (Å²) < 4.78 is 0. The van der Waals surface area contributed by atoms with Crippen LogP contribution in [-0.4, -0.2) is 0 Å². The van der Waals surface area contributed by atoms with E-state index in [-0.39, 0.29) is 6.04 Å². The lowest BCUT2D eigenvalue weighted by atomic mass is 9.86. The molecule has 2 aromatic rings. The fourth-order valence-electron chi connectivity index (χ4n) is 2.79. The van der Waals surface area contributed by atoms with E-state index in [2.05, 4.69) is 40.0 Å². The molecule has 0 aliphatic carbocycles. The van der Waals surface area contributed by atoms with Crippen molar-refractivity contribution >= 4 is 22.9 Å². The van der Waals surface area contributed by atoms with Gasteiger partial charge >= 0.3 is 0 Å². The van der Waals surface area contributed by atoms with Crippen LogP contribution in [0.15, 0.2) is 5.38 Å².